The Morgan fingerprint density at radius 3 is 2.29 bits per heavy atom. The SMILES string of the molecule is CC(C)(C)CNc1cc(N)nc(C(F)(F)F)n1. The fourth-order valence-electron chi connectivity index (χ4n) is 1.04. The predicted molar refractivity (Wildman–Crippen MR) is 59.4 cm³/mol. The van der Waals surface area contributed by atoms with Crippen LogP contribution < -0.4 is 11.1 Å². The van der Waals surface area contributed by atoms with Gasteiger partial charge in [0.25, 0.3) is 0 Å². The van der Waals surface area contributed by atoms with Gasteiger partial charge in [-0.3, -0.25) is 0 Å². The van der Waals surface area contributed by atoms with Gasteiger partial charge in [-0.1, -0.05) is 20.8 Å². The van der Waals surface area contributed by atoms with E-state index in [2.05, 4.69) is 15.3 Å². The molecule has 3 N–H and O–H groups in total. The number of hydrogen-bond donors (Lipinski definition) is 2. The minimum Gasteiger partial charge on any atom is -0.384 e. The smallest absolute Gasteiger partial charge is 0.384 e. The Morgan fingerprint density at radius 2 is 1.82 bits per heavy atom. The maximum absolute atomic E-state index is 12.4. The van der Waals surface area contributed by atoms with Gasteiger partial charge in [0.15, 0.2) is 0 Å². The summed E-state index contributed by atoms with van der Waals surface area (Å²) >= 11 is 0. The Balaban J connectivity index is 2.91. The van der Waals surface area contributed by atoms with Crippen molar-refractivity contribution in [1.29, 1.82) is 0 Å². The second kappa shape index (κ2) is 4.38. The van der Waals surface area contributed by atoms with Gasteiger partial charge in [0.2, 0.25) is 5.82 Å². The summed E-state index contributed by atoms with van der Waals surface area (Å²) in [4.78, 5) is 6.53. The Morgan fingerprint density at radius 1 is 1.24 bits per heavy atom. The topological polar surface area (TPSA) is 63.8 Å². The van der Waals surface area contributed by atoms with Crippen molar-refractivity contribution in [1.82, 2.24) is 9.97 Å². The van der Waals surface area contributed by atoms with Crippen LogP contribution in [-0.4, -0.2) is 16.5 Å². The van der Waals surface area contributed by atoms with Gasteiger partial charge in [-0.2, -0.15) is 13.2 Å². The lowest BCUT2D eigenvalue weighted by Gasteiger charge is -2.19. The highest BCUT2D eigenvalue weighted by molar-refractivity contribution is 5.45. The molecule has 0 unspecified atom stereocenters. The van der Waals surface area contributed by atoms with Crippen molar-refractivity contribution in [2.45, 2.75) is 26.9 Å². The third-order valence-electron chi connectivity index (χ3n) is 1.80. The monoisotopic (exact) mass is 248 g/mol. The summed E-state index contributed by atoms with van der Waals surface area (Å²) in [5, 5.41) is 2.81. The molecule has 4 nitrogen and oxygen atoms in total. The van der Waals surface area contributed by atoms with Crippen molar-refractivity contribution < 1.29 is 13.2 Å². The van der Waals surface area contributed by atoms with E-state index in [-0.39, 0.29) is 17.1 Å². The highest BCUT2D eigenvalue weighted by Gasteiger charge is 2.35. The molecule has 0 atom stereocenters. The molecule has 0 saturated carbocycles. The number of nitrogens with one attached hydrogen (secondary N) is 1. The number of rotatable bonds is 2. The van der Waals surface area contributed by atoms with Gasteiger partial charge in [-0.05, 0) is 5.41 Å². The largest absolute Gasteiger partial charge is 0.451 e. The van der Waals surface area contributed by atoms with Crippen molar-refractivity contribution in [3.8, 4) is 0 Å². The molecule has 0 aliphatic heterocycles. The maximum atomic E-state index is 12.4. The third kappa shape index (κ3) is 4.46. The van der Waals surface area contributed by atoms with Crippen LogP contribution in [0.1, 0.15) is 26.6 Å². The van der Waals surface area contributed by atoms with Gasteiger partial charge < -0.3 is 11.1 Å². The Kier molecular flexibility index (Phi) is 3.49. The molecule has 96 valence electrons. The van der Waals surface area contributed by atoms with Crippen LogP contribution in [0.2, 0.25) is 0 Å². The Hall–Kier alpha value is -1.53. The third-order valence-corrected chi connectivity index (χ3v) is 1.80. The summed E-state index contributed by atoms with van der Waals surface area (Å²) in [6.07, 6.45) is -4.59. The molecule has 0 fully saturated rings. The molecule has 0 radical (unpaired) electrons. The fraction of sp³-hybridized carbons (Fsp3) is 0.600. The minimum atomic E-state index is -4.59. The number of nitrogens with zero attached hydrogens (tertiary/aromatic N) is 2. The Labute approximate surface area is 97.4 Å². The van der Waals surface area contributed by atoms with Crippen molar-refractivity contribution in [2.24, 2.45) is 5.41 Å². The number of nitrogens with two attached hydrogens (primary N) is 1. The molecule has 0 spiro atoms. The van der Waals surface area contributed by atoms with Gasteiger partial charge in [-0.25, -0.2) is 9.97 Å². The molecule has 1 rings (SSSR count). The molecule has 7 heteroatoms. The van der Waals surface area contributed by atoms with E-state index < -0.39 is 12.0 Å². The van der Waals surface area contributed by atoms with E-state index in [0.29, 0.717) is 6.54 Å². The van der Waals surface area contributed by atoms with Crippen LogP contribution in [0.3, 0.4) is 0 Å². The zero-order valence-corrected chi connectivity index (χ0v) is 9.89. The molecule has 0 saturated heterocycles. The lowest BCUT2D eigenvalue weighted by Crippen LogP contribution is -2.21. The van der Waals surface area contributed by atoms with E-state index >= 15 is 0 Å². The van der Waals surface area contributed by atoms with Crippen LogP contribution in [0, 0.1) is 5.41 Å². The summed E-state index contributed by atoms with van der Waals surface area (Å²) in [6, 6.07) is 1.28. The molecular formula is C10H15F3N4. The molecule has 0 aliphatic rings. The van der Waals surface area contributed by atoms with E-state index in [1.807, 2.05) is 20.8 Å². The summed E-state index contributed by atoms with van der Waals surface area (Å²) in [5.74, 6) is -1.35. The second-order valence-electron chi connectivity index (χ2n) is 4.91. The van der Waals surface area contributed by atoms with Crippen LogP contribution >= 0.6 is 0 Å². The van der Waals surface area contributed by atoms with Crippen molar-refractivity contribution >= 4 is 11.6 Å². The molecule has 1 aromatic rings. The average Bonchev–Trinajstić information content (AvgIpc) is 2.11. The standard InChI is InChI=1S/C10H15F3N4/c1-9(2,3)5-15-7-4-6(14)16-8(17-7)10(11,12)13/h4H,5H2,1-3H3,(H3,14,15,16,17). The first-order valence-corrected chi connectivity index (χ1v) is 5.03. The molecule has 0 aliphatic carbocycles. The van der Waals surface area contributed by atoms with Crippen molar-refractivity contribution in [3.05, 3.63) is 11.9 Å². The zero-order valence-electron chi connectivity index (χ0n) is 9.89. The van der Waals surface area contributed by atoms with Gasteiger partial charge in [-0.15, -0.1) is 0 Å². The van der Waals surface area contributed by atoms with Gasteiger partial charge in [0.1, 0.15) is 11.6 Å². The lowest BCUT2D eigenvalue weighted by atomic mass is 9.97. The fourth-order valence-corrected chi connectivity index (χ4v) is 1.04. The van der Waals surface area contributed by atoms with E-state index in [0.717, 1.165) is 0 Å². The van der Waals surface area contributed by atoms with E-state index in [1.165, 1.54) is 6.07 Å². The highest BCUT2D eigenvalue weighted by atomic mass is 19.4. The number of alkyl halides is 3. The first kappa shape index (κ1) is 13.5. The van der Waals surface area contributed by atoms with Gasteiger partial charge >= 0.3 is 6.18 Å². The lowest BCUT2D eigenvalue weighted by molar-refractivity contribution is -0.144. The summed E-state index contributed by atoms with van der Waals surface area (Å²) < 4.78 is 37.2. The molecule has 17 heavy (non-hydrogen) atoms. The summed E-state index contributed by atoms with van der Waals surface area (Å²) in [7, 11) is 0. The van der Waals surface area contributed by atoms with Gasteiger partial charge in [0.05, 0.1) is 0 Å². The molecule has 0 bridgehead atoms. The highest BCUT2D eigenvalue weighted by Crippen LogP contribution is 2.27. The molecular weight excluding hydrogens is 233 g/mol. The number of hydrogen-bond acceptors (Lipinski definition) is 4. The van der Waals surface area contributed by atoms with E-state index in [4.69, 9.17) is 5.73 Å². The number of halogens is 3. The molecule has 1 heterocycles. The number of anilines is 2. The van der Waals surface area contributed by atoms with Crippen molar-refractivity contribution in [3.63, 3.8) is 0 Å². The van der Waals surface area contributed by atoms with Crippen LogP contribution in [0.5, 0.6) is 0 Å². The van der Waals surface area contributed by atoms with Crippen LogP contribution in [0.25, 0.3) is 0 Å². The van der Waals surface area contributed by atoms with Gasteiger partial charge in [0, 0.05) is 12.6 Å². The minimum absolute atomic E-state index is 0.0713. The molecule has 1 aromatic heterocycles. The first-order chi connectivity index (χ1) is 7.58. The van der Waals surface area contributed by atoms with E-state index in [1.54, 1.807) is 0 Å². The quantitative estimate of drug-likeness (QED) is 0.844. The average molecular weight is 248 g/mol. The molecule has 0 aromatic carbocycles. The Bertz CT molecular complexity index is 396. The summed E-state index contributed by atoms with van der Waals surface area (Å²) in [5.41, 5.74) is 5.23. The van der Waals surface area contributed by atoms with Crippen LogP contribution in [-0.2, 0) is 6.18 Å². The van der Waals surface area contributed by atoms with Crippen LogP contribution in [0.4, 0.5) is 24.8 Å². The normalized spacial score (nSPS) is 12.6. The maximum Gasteiger partial charge on any atom is 0.451 e. The van der Waals surface area contributed by atoms with E-state index in [9.17, 15) is 13.2 Å². The predicted octanol–water partition coefficient (Wildman–Crippen LogP) is 2.54. The second-order valence-corrected chi connectivity index (χ2v) is 4.91. The summed E-state index contributed by atoms with van der Waals surface area (Å²) in [6.45, 7) is 6.35. The van der Waals surface area contributed by atoms with Crippen molar-refractivity contribution in [2.75, 3.05) is 17.6 Å². The number of aromatic nitrogens is 2. The number of nitrogen functional groups attached to an aromatic ring is 1. The zero-order chi connectivity index (χ0) is 13.3. The first-order valence-electron chi connectivity index (χ1n) is 5.03. The van der Waals surface area contributed by atoms with Crippen LogP contribution in [0.15, 0.2) is 6.07 Å². The molecule has 0 amide bonds.